The summed E-state index contributed by atoms with van der Waals surface area (Å²) in [5.41, 5.74) is 2.53. The van der Waals surface area contributed by atoms with Crippen LogP contribution in [0.15, 0.2) is 30.0 Å². The van der Waals surface area contributed by atoms with E-state index in [9.17, 15) is 4.79 Å². The van der Waals surface area contributed by atoms with E-state index in [1.807, 2.05) is 43.8 Å². The van der Waals surface area contributed by atoms with Crippen LogP contribution in [0.2, 0.25) is 0 Å². The number of rotatable bonds is 5. The van der Waals surface area contributed by atoms with Crippen LogP contribution >= 0.6 is 11.3 Å². The third-order valence-corrected chi connectivity index (χ3v) is 4.40. The average Bonchev–Trinajstić information content (AvgIpc) is 3.23. The van der Waals surface area contributed by atoms with Gasteiger partial charge in [0, 0.05) is 43.9 Å². The van der Waals surface area contributed by atoms with Gasteiger partial charge in [-0.05, 0) is 25.1 Å². The Kier molecular flexibility index (Phi) is 4.99. The summed E-state index contributed by atoms with van der Waals surface area (Å²) in [5, 5.41) is 6.75. The van der Waals surface area contributed by atoms with Gasteiger partial charge in [-0.2, -0.15) is 5.10 Å². The molecular weight excluding hydrogens is 336 g/mol. The van der Waals surface area contributed by atoms with Crippen molar-refractivity contribution in [2.45, 2.75) is 13.8 Å². The molecule has 3 rings (SSSR count). The molecule has 0 N–H and O–H groups in total. The molecule has 3 heterocycles. The molecule has 1 amide bonds. The zero-order valence-electron chi connectivity index (χ0n) is 14.2. The molecule has 0 aliphatic carbocycles. The molecule has 25 heavy (non-hydrogen) atoms. The summed E-state index contributed by atoms with van der Waals surface area (Å²) in [5.74, 6) is 0.578. The van der Waals surface area contributed by atoms with Gasteiger partial charge in [0.05, 0.1) is 17.6 Å². The molecule has 0 spiro atoms. The van der Waals surface area contributed by atoms with Crippen LogP contribution in [0.4, 0.5) is 5.13 Å². The molecule has 8 heteroatoms. The van der Waals surface area contributed by atoms with Crippen molar-refractivity contribution in [2.75, 3.05) is 11.4 Å². The molecule has 0 aromatic carbocycles. The lowest BCUT2D eigenvalue weighted by molar-refractivity contribution is -0.116. The number of aryl methyl sites for hydroxylation is 1. The van der Waals surface area contributed by atoms with Crippen LogP contribution < -0.4 is 4.90 Å². The summed E-state index contributed by atoms with van der Waals surface area (Å²) in [6.07, 6.45) is 9.04. The van der Waals surface area contributed by atoms with Crippen molar-refractivity contribution in [1.29, 1.82) is 0 Å². The molecule has 0 aliphatic rings. The quantitative estimate of drug-likeness (QED) is 0.704. The minimum Gasteiger partial charge on any atom is -0.289 e. The second-order valence-electron chi connectivity index (χ2n) is 5.35. The van der Waals surface area contributed by atoms with Crippen molar-refractivity contribution < 1.29 is 4.79 Å². The molecule has 0 fully saturated rings. The van der Waals surface area contributed by atoms with Crippen molar-refractivity contribution in [3.8, 4) is 11.3 Å². The predicted molar refractivity (Wildman–Crippen MR) is 99.0 cm³/mol. The maximum absolute atomic E-state index is 11.6. The average molecular weight is 354 g/mol. The molecule has 3 aromatic rings. The topological polar surface area (TPSA) is 76.8 Å². The van der Waals surface area contributed by atoms with E-state index >= 15 is 0 Å². The van der Waals surface area contributed by atoms with E-state index < -0.39 is 0 Å². The van der Waals surface area contributed by atoms with Crippen LogP contribution in [0.1, 0.15) is 25.4 Å². The van der Waals surface area contributed by atoms with Gasteiger partial charge in [0.25, 0.3) is 0 Å². The first-order valence-corrected chi connectivity index (χ1v) is 8.68. The van der Waals surface area contributed by atoms with Crippen LogP contribution in [0.5, 0.6) is 0 Å². The number of carbonyl (C=O) groups is 1. The third kappa shape index (κ3) is 3.97. The molecule has 0 radical (unpaired) electrons. The van der Waals surface area contributed by atoms with Crippen LogP contribution in [-0.4, -0.2) is 37.2 Å². The van der Waals surface area contributed by atoms with Gasteiger partial charge in [0.15, 0.2) is 11.0 Å². The summed E-state index contributed by atoms with van der Waals surface area (Å²) >= 11 is 1.44. The zero-order chi connectivity index (χ0) is 17.8. The SMILES string of the molecule is CCN(C(C)=O)c1nc(C=Cc2nccc(-c3cnn(C)c3)n2)cs1. The van der Waals surface area contributed by atoms with E-state index in [4.69, 9.17) is 0 Å². The lowest BCUT2D eigenvalue weighted by Gasteiger charge is -2.14. The lowest BCUT2D eigenvalue weighted by atomic mass is 10.2. The Morgan fingerprint density at radius 1 is 1.36 bits per heavy atom. The monoisotopic (exact) mass is 354 g/mol. The van der Waals surface area contributed by atoms with Gasteiger partial charge < -0.3 is 0 Å². The van der Waals surface area contributed by atoms with Gasteiger partial charge in [-0.25, -0.2) is 15.0 Å². The van der Waals surface area contributed by atoms with Gasteiger partial charge in [0.1, 0.15) is 0 Å². The van der Waals surface area contributed by atoms with E-state index in [1.165, 1.54) is 18.3 Å². The van der Waals surface area contributed by atoms with Crippen molar-refractivity contribution in [2.24, 2.45) is 7.05 Å². The minimum absolute atomic E-state index is 0.0140. The second kappa shape index (κ2) is 7.35. The highest BCUT2D eigenvalue weighted by Crippen LogP contribution is 2.22. The van der Waals surface area contributed by atoms with Gasteiger partial charge in [-0.1, -0.05) is 0 Å². The fraction of sp³-hybridized carbons (Fsp3) is 0.235. The maximum atomic E-state index is 11.6. The fourth-order valence-electron chi connectivity index (χ4n) is 2.30. The molecule has 0 unspecified atom stereocenters. The largest absolute Gasteiger partial charge is 0.289 e. The van der Waals surface area contributed by atoms with E-state index in [0.717, 1.165) is 17.0 Å². The number of hydrogen-bond acceptors (Lipinski definition) is 6. The Hall–Kier alpha value is -2.87. The van der Waals surface area contributed by atoms with Gasteiger partial charge in [-0.15, -0.1) is 11.3 Å². The molecule has 0 saturated carbocycles. The molecule has 0 aliphatic heterocycles. The Morgan fingerprint density at radius 2 is 2.20 bits per heavy atom. The first-order chi connectivity index (χ1) is 12.1. The number of thiazole rings is 1. The molecule has 3 aromatic heterocycles. The number of aromatic nitrogens is 5. The van der Waals surface area contributed by atoms with E-state index in [2.05, 4.69) is 20.1 Å². The van der Waals surface area contributed by atoms with Gasteiger partial charge >= 0.3 is 0 Å². The number of nitrogens with zero attached hydrogens (tertiary/aromatic N) is 6. The molecular formula is C17H18N6OS. The summed E-state index contributed by atoms with van der Waals surface area (Å²) in [7, 11) is 1.87. The van der Waals surface area contributed by atoms with Crippen molar-refractivity contribution >= 4 is 34.5 Å². The molecule has 0 atom stereocenters. The van der Waals surface area contributed by atoms with E-state index in [1.54, 1.807) is 22.0 Å². The second-order valence-corrected chi connectivity index (χ2v) is 6.19. The van der Waals surface area contributed by atoms with Crippen molar-refractivity contribution in [3.05, 3.63) is 41.6 Å². The third-order valence-electron chi connectivity index (χ3n) is 3.52. The number of amides is 1. The van der Waals surface area contributed by atoms with Gasteiger partial charge in [-0.3, -0.25) is 14.4 Å². The summed E-state index contributed by atoms with van der Waals surface area (Å²) < 4.78 is 1.73. The standard InChI is InChI=1S/C17H18N6OS/c1-4-23(12(2)24)17-20-14(11-25-17)5-6-16-18-8-7-15(21-16)13-9-19-22(3)10-13/h5-11H,4H2,1-3H3. The summed E-state index contributed by atoms with van der Waals surface area (Å²) in [6.45, 7) is 4.07. The van der Waals surface area contributed by atoms with Gasteiger partial charge in [0.2, 0.25) is 5.91 Å². The molecule has 0 bridgehead atoms. The van der Waals surface area contributed by atoms with Crippen LogP contribution in [0.3, 0.4) is 0 Å². The maximum Gasteiger partial charge on any atom is 0.225 e. The number of carbonyl (C=O) groups excluding carboxylic acids is 1. The fourth-order valence-corrected chi connectivity index (χ4v) is 3.20. The van der Waals surface area contributed by atoms with Crippen molar-refractivity contribution in [3.63, 3.8) is 0 Å². The van der Waals surface area contributed by atoms with E-state index in [-0.39, 0.29) is 5.91 Å². The smallest absolute Gasteiger partial charge is 0.225 e. The first kappa shape index (κ1) is 17.0. The lowest BCUT2D eigenvalue weighted by Crippen LogP contribution is -2.27. The zero-order valence-corrected chi connectivity index (χ0v) is 15.1. The first-order valence-electron chi connectivity index (χ1n) is 7.80. The van der Waals surface area contributed by atoms with E-state index in [0.29, 0.717) is 17.5 Å². The van der Waals surface area contributed by atoms with Crippen LogP contribution in [0.25, 0.3) is 23.4 Å². The highest BCUT2D eigenvalue weighted by Gasteiger charge is 2.12. The van der Waals surface area contributed by atoms with Crippen LogP contribution in [-0.2, 0) is 11.8 Å². The Labute approximate surface area is 149 Å². The highest BCUT2D eigenvalue weighted by atomic mass is 32.1. The minimum atomic E-state index is -0.0140. The molecule has 0 saturated heterocycles. The highest BCUT2D eigenvalue weighted by molar-refractivity contribution is 7.14. The Balaban J connectivity index is 1.79. The normalized spacial score (nSPS) is 11.2. The Bertz CT molecular complexity index is 913. The summed E-state index contributed by atoms with van der Waals surface area (Å²) in [4.78, 5) is 26.5. The van der Waals surface area contributed by atoms with Crippen molar-refractivity contribution in [1.82, 2.24) is 24.7 Å². The molecule has 128 valence electrons. The van der Waals surface area contributed by atoms with Crippen LogP contribution in [0, 0.1) is 0 Å². The number of hydrogen-bond donors (Lipinski definition) is 0. The Morgan fingerprint density at radius 3 is 2.88 bits per heavy atom. The molecule has 7 nitrogen and oxygen atoms in total. The predicted octanol–water partition coefficient (Wildman–Crippen LogP) is 2.88. The summed E-state index contributed by atoms with van der Waals surface area (Å²) in [6, 6.07) is 1.85. The number of anilines is 1.